The molecule has 1 aromatic heterocycles. The summed E-state index contributed by atoms with van der Waals surface area (Å²) in [5.74, 6) is 0.321. The summed E-state index contributed by atoms with van der Waals surface area (Å²) in [7, 11) is -3.64. The van der Waals surface area contributed by atoms with Crippen molar-refractivity contribution in [1.82, 2.24) is 13.5 Å². The highest BCUT2D eigenvalue weighted by molar-refractivity contribution is 7.89. The number of hydrogen-bond donors (Lipinski definition) is 2. The normalized spacial score (nSPS) is 17.8. The van der Waals surface area contributed by atoms with Gasteiger partial charge in [0.05, 0.1) is 11.7 Å². The van der Waals surface area contributed by atoms with Crippen molar-refractivity contribution in [2.45, 2.75) is 43.0 Å². The van der Waals surface area contributed by atoms with Crippen LogP contribution in [0.1, 0.15) is 32.1 Å². The molecule has 0 spiro atoms. The molecule has 3 N–H and O–H groups in total. The second kappa shape index (κ2) is 7.85. The second-order valence-electron chi connectivity index (χ2n) is 5.75. The molecule has 0 aliphatic heterocycles. The minimum atomic E-state index is -3.64. The van der Waals surface area contributed by atoms with E-state index in [4.69, 9.17) is 5.73 Å². The summed E-state index contributed by atoms with van der Waals surface area (Å²) < 4.78 is 36.5. The first-order valence-electron chi connectivity index (χ1n) is 7.55. The third-order valence-electron chi connectivity index (χ3n) is 4.32. The van der Waals surface area contributed by atoms with Gasteiger partial charge in [0.1, 0.15) is 15.9 Å². The Bertz CT molecular complexity index is 744. The van der Waals surface area contributed by atoms with Crippen molar-refractivity contribution < 1.29 is 8.42 Å². The van der Waals surface area contributed by atoms with E-state index in [2.05, 4.69) is 13.5 Å². The highest BCUT2D eigenvalue weighted by Crippen LogP contribution is 2.28. The quantitative estimate of drug-likeness (QED) is 0.834. The lowest BCUT2D eigenvalue weighted by molar-refractivity contribution is 0.294. The van der Waals surface area contributed by atoms with Gasteiger partial charge in [-0.1, -0.05) is 25.3 Å². The van der Waals surface area contributed by atoms with Crippen LogP contribution in [0, 0.1) is 5.92 Å². The number of nitrogens with two attached hydrogens (primary N) is 1. The molecule has 0 amide bonds. The van der Waals surface area contributed by atoms with Crippen LogP contribution in [0.4, 0.5) is 0 Å². The third kappa shape index (κ3) is 4.00. The summed E-state index contributed by atoms with van der Waals surface area (Å²) in [5, 5.41) is 0. The van der Waals surface area contributed by atoms with Crippen molar-refractivity contribution in [3.63, 3.8) is 0 Å². The summed E-state index contributed by atoms with van der Waals surface area (Å²) in [6.07, 6.45) is 5.59. The maximum atomic E-state index is 12.7. The Kier molecular flexibility index (Phi) is 6.33. The molecule has 1 heterocycles. The fourth-order valence-electron chi connectivity index (χ4n) is 3.13. The highest BCUT2D eigenvalue weighted by atomic mass is 35.5. The van der Waals surface area contributed by atoms with E-state index in [0.717, 1.165) is 37.4 Å². The van der Waals surface area contributed by atoms with Crippen LogP contribution in [0.3, 0.4) is 0 Å². The van der Waals surface area contributed by atoms with E-state index < -0.39 is 10.0 Å². The summed E-state index contributed by atoms with van der Waals surface area (Å²) in [6.45, 7) is 0.315. The number of nitrogens with one attached hydrogen (secondary N) is 1. The molecule has 1 aliphatic rings. The molecular weight excluding hydrogens is 356 g/mol. The number of halogens is 1. The van der Waals surface area contributed by atoms with Gasteiger partial charge in [-0.15, -0.1) is 12.4 Å². The van der Waals surface area contributed by atoms with Crippen molar-refractivity contribution in [3.8, 4) is 0 Å². The number of rotatable bonds is 5. The van der Waals surface area contributed by atoms with Gasteiger partial charge in [0.2, 0.25) is 10.0 Å². The third-order valence-corrected chi connectivity index (χ3v) is 6.38. The van der Waals surface area contributed by atoms with Crippen molar-refractivity contribution in [2.24, 2.45) is 11.7 Å². The van der Waals surface area contributed by atoms with Crippen LogP contribution in [-0.2, 0) is 10.0 Å². The number of hydrogen-bond acceptors (Lipinski definition) is 6. The Balaban J connectivity index is 0.00000192. The number of nitrogens with zero attached hydrogens (tertiary/aromatic N) is 2. The Labute approximate surface area is 146 Å². The fourth-order valence-corrected chi connectivity index (χ4v) is 5.22. The largest absolute Gasteiger partial charge is 0.329 e. The molecule has 9 heteroatoms. The zero-order valence-corrected chi connectivity index (χ0v) is 15.1. The number of benzene rings is 1. The van der Waals surface area contributed by atoms with E-state index in [0.29, 0.717) is 23.5 Å². The first-order chi connectivity index (χ1) is 10.6. The molecule has 3 rings (SSSR count). The van der Waals surface area contributed by atoms with Crippen molar-refractivity contribution >= 4 is 45.2 Å². The lowest BCUT2D eigenvalue weighted by Crippen LogP contribution is -2.45. The molecule has 0 radical (unpaired) electrons. The summed E-state index contributed by atoms with van der Waals surface area (Å²) in [6, 6.07) is 4.81. The molecule has 128 valence electrons. The van der Waals surface area contributed by atoms with Crippen molar-refractivity contribution in [3.05, 3.63) is 18.2 Å². The number of fused-ring (bicyclic) bond motifs is 1. The molecule has 1 unspecified atom stereocenters. The van der Waals surface area contributed by atoms with Gasteiger partial charge in [-0.3, -0.25) is 0 Å². The average molecular weight is 377 g/mol. The SMILES string of the molecule is Cl.NCC(NS(=O)(=O)c1cccc2nsnc12)C1CCCCC1. The average Bonchev–Trinajstić information content (AvgIpc) is 3.01. The molecule has 0 bridgehead atoms. The van der Waals surface area contributed by atoms with E-state index in [-0.39, 0.29) is 23.3 Å². The topological polar surface area (TPSA) is 98.0 Å². The van der Waals surface area contributed by atoms with Crippen LogP contribution >= 0.6 is 24.1 Å². The fraction of sp³-hybridized carbons (Fsp3) is 0.571. The highest BCUT2D eigenvalue weighted by Gasteiger charge is 2.28. The lowest BCUT2D eigenvalue weighted by Gasteiger charge is -2.29. The van der Waals surface area contributed by atoms with Crippen LogP contribution < -0.4 is 10.5 Å². The summed E-state index contributed by atoms with van der Waals surface area (Å²) >= 11 is 1.02. The van der Waals surface area contributed by atoms with Crippen LogP contribution in [-0.4, -0.2) is 29.8 Å². The monoisotopic (exact) mass is 376 g/mol. The van der Waals surface area contributed by atoms with Gasteiger partial charge in [0.15, 0.2) is 0 Å². The zero-order chi connectivity index (χ0) is 15.6. The first-order valence-corrected chi connectivity index (χ1v) is 9.77. The van der Waals surface area contributed by atoms with Gasteiger partial charge in [-0.05, 0) is 30.9 Å². The second-order valence-corrected chi connectivity index (χ2v) is 7.96. The smallest absolute Gasteiger partial charge is 0.243 e. The predicted molar refractivity (Wildman–Crippen MR) is 94.4 cm³/mol. The number of aromatic nitrogens is 2. The van der Waals surface area contributed by atoms with Gasteiger partial charge in [0.25, 0.3) is 0 Å². The minimum Gasteiger partial charge on any atom is -0.329 e. The maximum Gasteiger partial charge on any atom is 0.243 e. The Hall–Kier alpha value is -0.800. The van der Waals surface area contributed by atoms with Gasteiger partial charge < -0.3 is 5.73 Å². The molecule has 1 fully saturated rings. The van der Waals surface area contributed by atoms with Crippen LogP contribution in [0.2, 0.25) is 0 Å². The minimum absolute atomic E-state index is 0. The Morgan fingerprint density at radius 2 is 2.00 bits per heavy atom. The van der Waals surface area contributed by atoms with Gasteiger partial charge >= 0.3 is 0 Å². The van der Waals surface area contributed by atoms with Crippen molar-refractivity contribution in [1.29, 1.82) is 0 Å². The lowest BCUT2D eigenvalue weighted by atomic mass is 9.84. The van der Waals surface area contributed by atoms with Gasteiger partial charge in [0, 0.05) is 12.6 Å². The van der Waals surface area contributed by atoms with E-state index in [1.807, 2.05) is 0 Å². The van der Waals surface area contributed by atoms with E-state index in [9.17, 15) is 8.42 Å². The molecule has 1 atom stereocenters. The van der Waals surface area contributed by atoms with Crippen LogP contribution in [0.15, 0.2) is 23.1 Å². The molecule has 2 aromatic rings. The molecule has 1 saturated carbocycles. The predicted octanol–water partition coefficient (Wildman–Crippen LogP) is 2.30. The maximum absolute atomic E-state index is 12.7. The molecule has 1 aromatic carbocycles. The molecular formula is C14H21ClN4O2S2. The van der Waals surface area contributed by atoms with Gasteiger partial charge in [-0.2, -0.15) is 8.75 Å². The van der Waals surface area contributed by atoms with Gasteiger partial charge in [-0.25, -0.2) is 13.1 Å². The number of sulfonamides is 1. The molecule has 0 saturated heterocycles. The van der Waals surface area contributed by atoms with E-state index >= 15 is 0 Å². The van der Waals surface area contributed by atoms with E-state index in [1.54, 1.807) is 18.2 Å². The Morgan fingerprint density at radius 3 is 2.70 bits per heavy atom. The van der Waals surface area contributed by atoms with E-state index in [1.165, 1.54) is 6.42 Å². The van der Waals surface area contributed by atoms with Crippen molar-refractivity contribution in [2.75, 3.05) is 6.54 Å². The Morgan fingerprint density at radius 1 is 1.26 bits per heavy atom. The summed E-state index contributed by atoms with van der Waals surface area (Å²) in [4.78, 5) is 0.188. The summed E-state index contributed by atoms with van der Waals surface area (Å²) in [5.41, 5.74) is 6.87. The molecule has 6 nitrogen and oxygen atoms in total. The standard InChI is InChI=1S/C14H20N4O2S2.ClH/c15-9-12(10-5-2-1-3-6-10)18-22(19,20)13-8-4-7-11-14(13)17-21-16-11;/h4,7-8,10,12,18H,1-3,5-6,9,15H2;1H. The molecule has 23 heavy (non-hydrogen) atoms. The van der Waals surface area contributed by atoms with Crippen LogP contribution in [0.5, 0.6) is 0 Å². The first kappa shape index (κ1) is 18.5. The zero-order valence-electron chi connectivity index (χ0n) is 12.6. The van der Waals surface area contributed by atoms with Crippen LogP contribution in [0.25, 0.3) is 11.0 Å². The molecule has 1 aliphatic carbocycles.